The van der Waals surface area contributed by atoms with Gasteiger partial charge in [-0.1, -0.05) is 54.1 Å². The topological polar surface area (TPSA) is 47.6 Å². The number of rotatable bonds is 2. The molecule has 0 heterocycles. The molecule has 2 aromatic rings. The largest absolute Gasteiger partial charge is 0.192 e. The highest BCUT2D eigenvalue weighted by molar-refractivity contribution is 6.33. The van der Waals surface area contributed by atoms with Crippen molar-refractivity contribution in [3.8, 4) is 23.3 Å². The van der Waals surface area contributed by atoms with Crippen molar-refractivity contribution in [3.05, 3.63) is 64.7 Å². The molecule has 0 aliphatic carbocycles. The fraction of sp³-hybridized carbons (Fsp3) is 0. The van der Waals surface area contributed by atoms with Crippen molar-refractivity contribution in [2.45, 2.75) is 0 Å². The van der Waals surface area contributed by atoms with Crippen LogP contribution >= 0.6 is 11.6 Å². The van der Waals surface area contributed by atoms with Crippen LogP contribution in [-0.2, 0) is 0 Å². The molecule has 0 fully saturated rings. The van der Waals surface area contributed by atoms with Gasteiger partial charge in [0.2, 0.25) is 0 Å². The Morgan fingerprint density at radius 3 is 2.11 bits per heavy atom. The average Bonchev–Trinajstić information content (AvgIpc) is 2.46. The van der Waals surface area contributed by atoms with E-state index in [1.54, 1.807) is 6.08 Å². The summed E-state index contributed by atoms with van der Waals surface area (Å²) in [6.45, 7) is 0. The number of benzene rings is 2. The first-order chi connectivity index (χ1) is 9.26. The van der Waals surface area contributed by atoms with E-state index in [0.717, 1.165) is 16.7 Å². The molecule has 0 atom stereocenters. The van der Waals surface area contributed by atoms with Crippen LogP contribution in [0.15, 0.2) is 54.1 Å². The zero-order chi connectivity index (χ0) is 13.7. The molecule has 0 unspecified atom stereocenters. The van der Waals surface area contributed by atoms with E-state index in [1.165, 1.54) is 0 Å². The number of halogens is 1. The van der Waals surface area contributed by atoms with E-state index in [9.17, 15) is 0 Å². The minimum absolute atomic E-state index is 0.0690. The summed E-state index contributed by atoms with van der Waals surface area (Å²) < 4.78 is 0. The SMILES string of the molecule is N#CC(C#N)=Cc1ccccc1-c1ccccc1Cl. The summed E-state index contributed by atoms with van der Waals surface area (Å²) in [5.74, 6) is 0. The van der Waals surface area contributed by atoms with Gasteiger partial charge in [-0.3, -0.25) is 0 Å². The second-order valence-corrected chi connectivity index (χ2v) is 4.26. The quantitative estimate of drug-likeness (QED) is 0.753. The lowest BCUT2D eigenvalue weighted by Crippen LogP contribution is -1.85. The lowest BCUT2D eigenvalue weighted by molar-refractivity contribution is 1.47. The van der Waals surface area contributed by atoms with Gasteiger partial charge < -0.3 is 0 Å². The normalized spacial score (nSPS) is 9.21. The Morgan fingerprint density at radius 1 is 0.895 bits per heavy atom. The second-order valence-electron chi connectivity index (χ2n) is 3.85. The molecule has 3 heteroatoms. The van der Waals surface area contributed by atoms with Crippen LogP contribution in [0, 0.1) is 22.7 Å². The Bertz CT molecular complexity index is 702. The predicted molar refractivity (Wildman–Crippen MR) is 76.1 cm³/mol. The third kappa shape index (κ3) is 2.83. The Balaban J connectivity index is 2.62. The average molecular weight is 265 g/mol. The molecule has 0 spiro atoms. The van der Waals surface area contributed by atoms with Crippen LogP contribution in [-0.4, -0.2) is 0 Å². The summed E-state index contributed by atoms with van der Waals surface area (Å²) >= 11 is 6.18. The zero-order valence-electron chi connectivity index (χ0n) is 9.97. The summed E-state index contributed by atoms with van der Waals surface area (Å²) in [7, 11) is 0. The number of allylic oxidation sites excluding steroid dienone is 1. The molecule has 0 saturated heterocycles. The Hall–Kier alpha value is -2.55. The summed E-state index contributed by atoms with van der Waals surface area (Å²) in [5, 5.41) is 18.3. The van der Waals surface area contributed by atoms with E-state index >= 15 is 0 Å². The minimum atomic E-state index is 0.0690. The summed E-state index contributed by atoms with van der Waals surface area (Å²) in [5.41, 5.74) is 2.65. The standard InChI is InChI=1S/C16H9ClN2/c17-16-8-4-3-7-15(16)14-6-2-1-5-13(14)9-12(10-18)11-19/h1-9H. The lowest BCUT2D eigenvalue weighted by Gasteiger charge is -2.08. The monoisotopic (exact) mass is 264 g/mol. The fourth-order valence-corrected chi connectivity index (χ4v) is 2.03. The van der Waals surface area contributed by atoms with Gasteiger partial charge in [-0.25, -0.2) is 0 Å². The zero-order valence-corrected chi connectivity index (χ0v) is 10.7. The molecule has 2 aromatic carbocycles. The Labute approximate surface area is 116 Å². The van der Waals surface area contributed by atoms with Crippen molar-refractivity contribution >= 4 is 17.7 Å². The molecular formula is C16H9ClN2. The van der Waals surface area contributed by atoms with E-state index in [-0.39, 0.29) is 5.57 Å². The first-order valence-electron chi connectivity index (χ1n) is 5.62. The minimum Gasteiger partial charge on any atom is -0.192 e. The van der Waals surface area contributed by atoms with Crippen molar-refractivity contribution in [2.75, 3.05) is 0 Å². The van der Waals surface area contributed by atoms with E-state index in [2.05, 4.69) is 0 Å². The van der Waals surface area contributed by atoms with Gasteiger partial charge in [0.05, 0.1) is 0 Å². The van der Waals surface area contributed by atoms with Crippen molar-refractivity contribution in [1.29, 1.82) is 10.5 Å². The molecule has 19 heavy (non-hydrogen) atoms. The first-order valence-corrected chi connectivity index (χ1v) is 6.00. The van der Waals surface area contributed by atoms with Crippen molar-refractivity contribution < 1.29 is 0 Å². The van der Waals surface area contributed by atoms with Gasteiger partial charge in [-0.15, -0.1) is 0 Å². The van der Waals surface area contributed by atoms with E-state index in [4.69, 9.17) is 22.1 Å². The van der Waals surface area contributed by atoms with E-state index < -0.39 is 0 Å². The van der Waals surface area contributed by atoms with Gasteiger partial charge >= 0.3 is 0 Å². The molecule has 0 bridgehead atoms. The maximum absolute atomic E-state index is 8.84. The van der Waals surface area contributed by atoms with Crippen molar-refractivity contribution in [2.24, 2.45) is 0 Å². The lowest BCUT2D eigenvalue weighted by atomic mass is 9.98. The third-order valence-electron chi connectivity index (χ3n) is 2.67. The van der Waals surface area contributed by atoms with Gasteiger partial charge in [0, 0.05) is 10.6 Å². The first kappa shape index (κ1) is 12.9. The number of nitriles is 2. The molecule has 0 N–H and O–H groups in total. The molecule has 90 valence electrons. The van der Waals surface area contributed by atoms with Crippen molar-refractivity contribution in [3.63, 3.8) is 0 Å². The van der Waals surface area contributed by atoms with Gasteiger partial charge in [0.1, 0.15) is 17.7 Å². The van der Waals surface area contributed by atoms with Gasteiger partial charge in [0.15, 0.2) is 0 Å². The second kappa shape index (κ2) is 5.87. The molecule has 0 saturated carbocycles. The van der Waals surface area contributed by atoms with Crippen LogP contribution in [0.2, 0.25) is 5.02 Å². The highest BCUT2D eigenvalue weighted by Gasteiger charge is 2.07. The molecule has 0 aliphatic heterocycles. The predicted octanol–water partition coefficient (Wildman–Crippen LogP) is 4.44. The van der Waals surface area contributed by atoms with Crippen LogP contribution in [0.3, 0.4) is 0 Å². The van der Waals surface area contributed by atoms with Crippen LogP contribution in [0.1, 0.15) is 5.56 Å². The van der Waals surface area contributed by atoms with Crippen LogP contribution < -0.4 is 0 Å². The van der Waals surface area contributed by atoms with E-state index in [0.29, 0.717) is 5.02 Å². The smallest absolute Gasteiger partial charge is 0.130 e. The molecule has 0 radical (unpaired) electrons. The summed E-state index contributed by atoms with van der Waals surface area (Å²) in [6, 6.07) is 18.7. The van der Waals surface area contributed by atoms with E-state index in [1.807, 2.05) is 60.7 Å². The Morgan fingerprint density at radius 2 is 1.47 bits per heavy atom. The summed E-state index contributed by atoms with van der Waals surface area (Å²) in [4.78, 5) is 0. The molecule has 0 aromatic heterocycles. The molecule has 0 aliphatic rings. The fourth-order valence-electron chi connectivity index (χ4n) is 1.79. The maximum atomic E-state index is 8.84. The highest BCUT2D eigenvalue weighted by Crippen LogP contribution is 2.31. The van der Waals surface area contributed by atoms with Crippen LogP contribution in [0.4, 0.5) is 0 Å². The highest BCUT2D eigenvalue weighted by atomic mass is 35.5. The number of nitrogens with zero attached hydrogens (tertiary/aromatic N) is 2. The molecular weight excluding hydrogens is 256 g/mol. The van der Waals surface area contributed by atoms with Gasteiger partial charge in [-0.2, -0.15) is 10.5 Å². The maximum Gasteiger partial charge on any atom is 0.130 e. The third-order valence-corrected chi connectivity index (χ3v) is 3.00. The molecule has 2 nitrogen and oxygen atoms in total. The Kier molecular flexibility index (Phi) is 3.98. The van der Waals surface area contributed by atoms with Crippen molar-refractivity contribution in [1.82, 2.24) is 0 Å². The number of hydrogen-bond acceptors (Lipinski definition) is 2. The van der Waals surface area contributed by atoms with Crippen LogP contribution in [0.25, 0.3) is 17.2 Å². The summed E-state index contributed by atoms with van der Waals surface area (Å²) in [6.07, 6.45) is 1.57. The van der Waals surface area contributed by atoms with Gasteiger partial charge in [-0.05, 0) is 23.3 Å². The molecule has 0 amide bonds. The van der Waals surface area contributed by atoms with Crippen LogP contribution in [0.5, 0.6) is 0 Å². The number of hydrogen-bond donors (Lipinski definition) is 0. The van der Waals surface area contributed by atoms with Gasteiger partial charge in [0.25, 0.3) is 0 Å². The molecule has 2 rings (SSSR count).